The number of carbonyl (C=O) groups is 3. The fourth-order valence-electron chi connectivity index (χ4n) is 3.06. The standard InChI is InChI=1S/C23H29N3O7/c1-22(2,3)12-7-9-13(10-8-12)26-20(32)15(18(30)24-11-14(27)28)17(29)16(21(26)33)19(31)25-23(4,5)6/h7-10,29,32H,11H2,1-6H3,(H,24,30)(H,25,31)(H,27,28). The summed E-state index contributed by atoms with van der Waals surface area (Å²) in [5.41, 5.74) is -2.51. The maximum absolute atomic E-state index is 13.2. The molecule has 0 aliphatic heterocycles. The van der Waals surface area contributed by atoms with E-state index in [1.54, 1.807) is 32.9 Å². The molecule has 0 unspecified atom stereocenters. The van der Waals surface area contributed by atoms with E-state index in [2.05, 4.69) is 5.32 Å². The number of hydrogen-bond acceptors (Lipinski definition) is 6. The van der Waals surface area contributed by atoms with E-state index in [0.29, 0.717) is 0 Å². The summed E-state index contributed by atoms with van der Waals surface area (Å²) in [6, 6.07) is 6.52. The summed E-state index contributed by atoms with van der Waals surface area (Å²) in [5, 5.41) is 34.8. The lowest BCUT2D eigenvalue weighted by Gasteiger charge is -2.22. The van der Waals surface area contributed by atoms with Crippen LogP contribution in [0.1, 0.15) is 67.8 Å². The number of carboxylic acids is 1. The van der Waals surface area contributed by atoms with Crippen molar-refractivity contribution in [3.05, 3.63) is 51.3 Å². The molecule has 0 saturated carbocycles. The molecule has 0 aliphatic rings. The third-order valence-corrected chi connectivity index (χ3v) is 4.66. The fraction of sp³-hybridized carbons (Fsp3) is 0.391. The van der Waals surface area contributed by atoms with Crippen molar-refractivity contribution < 1.29 is 29.7 Å². The molecule has 1 aromatic heterocycles. The highest BCUT2D eigenvalue weighted by atomic mass is 16.4. The third kappa shape index (κ3) is 5.71. The van der Waals surface area contributed by atoms with Crippen LogP contribution in [0.5, 0.6) is 11.6 Å². The van der Waals surface area contributed by atoms with Crippen molar-refractivity contribution in [1.29, 1.82) is 0 Å². The Morgan fingerprint density at radius 3 is 1.91 bits per heavy atom. The van der Waals surface area contributed by atoms with E-state index in [4.69, 9.17) is 5.11 Å². The van der Waals surface area contributed by atoms with Gasteiger partial charge in [0.2, 0.25) is 5.88 Å². The number of nitrogens with zero attached hydrogens (tertiary/aromatic N) is 1. The summed E-state index contributed by atoms with van der Waals surface area (Å²) in [6.45, 7) is 10.1. The summed E-state index contributed by atoms with van der Waals surface area (Å²) in [5.74, 6) is -5.48. The molecule has 10 heteroatoms. The molecule has 0 aliphatic carbocycles. The Labute approximate surface area is 190 Å². The third-order valence-electron chi connectivity index (χ3n) is 4.66. The molecule has 2 rings (SSSR count). The van der Waals surface area contributed by atoms with Crippen molar-refractivity contribution in [2.45, 2.75) is 52.5 Å². The van der Waals surface area contributed by atoms with Gasteiger partial charge in [-0.15, -0.1) is 0 Å². The normalized spacial score (nSPS) is 11.7. The summed E-state index contributed by atoms with van der Waals surface area (Å²) >= 11 is 0. The first-order valence-electron chi connectivity index (χ1n) is 10.2. The van der Waals surface area contributed by atoms with Gasteiger partial charge < -0.3 is 26.0 Å². The van der Waals surface area contributed by atoms with Crippen molar-refractivity contribution in [2.24, 2.45) is 0 Å². The molecule has 5 N–H and O–H groups in total. The van der Waals surface area contributed by atoms with Crippen LogP contribution in [0.25, 0.3) is 5.69 Å². The largest absolute Gasteiger partial charge is 0.506 e. The number of hydrogen-bond donors (Lipinski definition) is 5. The van der Waals surface area contributed by atoms with Crippen LogP contribution < -0.4 is 16.2 Å². The lowest BCUT2D eigenvalue weighted by Crippen LogP contribution is -2.43. The Bertz CT molecular complexity index is 1150. The van der Waals surface area contributed by atoms with Crippen molar-refractivity contribution in [3.8, 4) is 17.3 Å². The highest BCUT2D eigenvalue weighted by Crippen LogP contribution is 2.31. The van der Waals surface area contributed by atoms with Gasteiger partial charge in [-0.3, -0.25) is 19.2 Å². The molecular weight excluding hydrogens is 430 g/mol. The Kier molecular flexibility index (Phi) is 6.91. The number of carboxylic acid groups (broad SMARTS) is 1. The number of carbonyl (C=O) groups excluding carboxylic acids is 2. The van der Waals surface area contributed by atoms with Crippen LogP contribution in [-0.4, -0.2) is 49.8 Å². The molecule has 0 saturated heterocycles. The molecule has 0 fully saturated rings. The molecule has 33 heavy (non-hydrogen) atoms. The molecule has 1 heterocycles. The summed E-state index contributed by atoms with van der Waals surface area (Å²) in [6.07, 6.45) is 0. The van der Waals surface area contributed by atoms with Crippen LogP contribution in [0.15, 0.2) is 29.1 Å². The van der Waals surface area contributed by atoms with E-state index in [1.807, 2.05) is 26.1 Å². The van der Waals surface area contributed by atoms with Crippen LogP contribution in [-0.2, 0) is 10.2 Å². The van der Waals surface area contributed by atoms with Gasteiger partial charge in [0, 0.05) is 5.54 Å². The molecule has 178 valence electrons. The fourth-order valence-corrected chi connectivity index (χ4v) is 3.06. The number of aliphatic carboxylic acids is 1. The maximum atomic E-state index is 13.2. The van der Waals surface area contributed by atoms with Gasteiger partial charge in [-0.1, -0.05) is 32.9 Å². The average Bonchev–Trinajstić information content (AvgIpc) is 2.64. The minimum absolute atomic E-state index is 0.141. The Hall–Kier alpha value is -3.82. The number of pyridine rings is 1. The molecule has 0 radical (unpaired) electrons. The first-order chi connectivity index (χ1) is 15.0. The van der Waals surface area contributed by atoms with Gasteiger partial charge in [-0.2, -0.15) is 0 Å². The highest BCUT2D eigenvalue weighted by Gasteiger charge is 2.31. The van der Waals surface area contributed by atoms with Crippen molar-refractivity contribution in [1.82, 2.24) is 15.2 Å². The van der Waals surface area contributed by atoms with Gasteiger partial charge in [0.15, 0.2) is 5.75 Å². The molecule has 0 bridgehead atoms. The summed E-state index contributed by atoms with van der Waals surface area (Å²) < 4.78 is 0.722. The van der Waals surface area contributed by atoms with Gasteiger partial charge in [-0.25, -0.2) is 4.57 Å². The second-order valence-electron chi connectivity index (χ2n) is 9.64. The Morgan fingerprint density at radius 1 is 0.909 bits per heavy atom. The van der Waals surface area contributed by atoms with Crippen molar-refractivity contribution in [2.75, 3.05) is 6.54 Å². The van der Waals surface area contributed by atoms with E-state index in [1.165, 1.54) is 12.1 Å². The predicted octanol–water partition coefficient (Wildman–Crippen LogP) is 1.89. The topological polar surface area (TPSA) is 158 Å². The summed E-state index contributed by atoms with van der Waals surface area (Å²) in [7, 11) is 0. The van der Waals surface area contributed by atoms with Crippen LogP contribution in [0.2, 0.25) is 0 Å². The Balaban J connectivity index is 2.80. The quantitative estimate of drug-likeness (QED) is 0.457. The van der Waals surface area contributed by atoms with E-state index < -0.39 is 58.2 Å². The van der Waals surface area contributed by atoms with Gasteiger partial charge in [0.25, 0.3) is 17.4 Å². The Morgan fingerprint density at radius 2 is 1.45 bits per heavy atom. The van der Waals surface area contributed by atoms with Gasteiger partial charge >= 0.3 is 5.97 Å². The SMILES string of the molecule is CC(C)(C)NC(=O)c1c(O)c(C(=O)NCC(=O)O)c(O)n(-c2ccc(C(C)(C)C)cc2)c1=O. The molecule has 0 atom stereocenters. The van der Waals surface area contributed by atoms with E-state index in [9.17, 15) is 29.4 Å². The number of benzene rings is 1. The molecule has 10 nitrogen and oxygen atoms in total. The van der Waals surface area contributed by atoms with Gasteiger partial charge in [0.05, 0.1) is 5.69 Å². The average molecular weight is 459 g/mol. The molecule has 2 aromatic rings. The van der Waals surface area contributed by atoms with Crippen LogP contribution in [0, 0.1) is 0 Å². The van der Waals surface area contributed by atoms with Crippen molar-refractivity contribution >= 4 is 17.8 Å². The van der Waals surface area contributed by atoms with Gasteiger partial charge in [0.1, 0.15) is 17.7 Å². The van der Waals surface area contributed by atoms with E-state index in [-0.39, 0.29) is 11.1 Å². The number of aromatic nitrogens is 1. The van der Waals surface area contributed by atoms with Crippen LogP contribution in [0.3, 0.4) is 0 Å². The molecular formula is C23H29N3O7. The molecule has 0 spiro atoms. The number of rotatable bonds is 5. The second-order valence-corrected chi connectivity index (χ2v) is 9.64. The minimum Gasteiger partial charge on any atom is -0.506 e. The van der Waals surface area contributed by atoms with Gasteiger partial charge in [-0.05, 0) is 43.9 Å². The number of aromatic hydroxyl groups is 2. The number of nitrogens with one attached hydrogen (secondary N) is 2. The first kappa shape index (κ1) is 25.4. The van der Waals surface area contributed by atoms with Crippen molar-refractivity contribution in [3.63, 3.8) is 0 Å². The first-order valence-corrected chi connectivity index (χ1v) is 10.2. The zero-order valence-electron chi connectivity index (χ0n) is 19.4. The summed E-state index contributed by atoms with van der Waals surface area (Å²) in [4.78, 5) is 49.5. The van der Waals surface area contributed by atoms with E-state index >= 15 is 0 Å². The maximum Gasteiger partial charge on any atom is 0.322 e. The zero-order chi connectivity index (χ0) is 25.3. The van der Waals surface area contributed by atoms with E-state index in [0.717, 1.165) is 10.1 Å². The highest BCUT2D eigenvalue weighted by molar-refractivity contribution is 6.05. The predicted molar refractivity (Wildman–Crippen MR) is 121 cm³/mol. The molecule has 1 aromatic carbocycles. The second kappa shape index (κ2) is 8.97. The van der Waals surface area contributed by atoms with Crippen LogP contribution in [0.4, 0.5) is 0 Å². The molecule has 2 amide bonds. The lowest BCUT2D eigenvalue weighted by atomic mass is 9.87. The van der Waals surface area contributed by atoms with Crippen LogP contribution >= 0.6 is 0 Å². The lowest BCUT2D eigenvalue weighted by molar-refractivity contribution is -0.135. The number of amides is 2. The monoisotopic (exact) mass is 459 g/mol. The minimum atomic E-state index is -1.36. The smallest absolute Gasteiger partial charge is 0.322 e. The zero-order valence-corrected chi connectivity index (χ0v) is 19.4.